The summed E-state index contributed by atoms with van der Waals surface area (Å²) in [6.07, 6.45) is 6.84. The van der Waals surface area contributed by atoms with Crippen LogP contribution in [0.25, 0.3) is 6.08 Å². The molecule has 2 N–H and O–H groups in total. The number of imide groups is 1. The molecule has 4 atom stereocenters. The van der Waals surface area contributed by atoms with Crippen LogP contribution in [-0.4, -0.2) is 64.1 Å². The third kappa shape index (κ3) is 6.88. The van der Waals surface area contributed by atoms with E-state index in [0.717, 1.165) is 62.0 Å². The lowest BCUT2D eigenvalue weighted by atomic mass is 9.57. The number of amides is 2. The molecule has 7 nitrogen and oxygen atoms in total. The summed E-state index contributed by atoms with van der Waals surface area (Å²) in [6.45, 7) is 13.0. The van der Waals surface area contributed by atoms with Crippen molar-refractivity contribution in [2.45, 2.75) is 98.2 Å². The van der Waals surface area contributed by atoms with E-state index >= 15 is 0 Å². The quantitative estimate of drug-likeness (QED) is 0.181. The zero-order valence-corrected chi connectivity index (χ0v) is 28.7. The Kier molecular flexibility index (Phi) is 10.1. The Morgan fingerprint density at radius 2 is 1.72 bits per heavy atom. The maximum atomic E-state index is 14.3. The molecule has 6 rings (SSSR count). The van der Waals surface area contributed by atoms with Crippen molar-refractivity contribution in [2.75, 3.05) is 13.1 Å². The Labute approximate surface area is 280 Å². The molecule has 0 saturated carbocycles. The van der Waals surface area contributed by atoms with Crippen molar-refractivity contribution in [2.24, 2.45) is 23.7 Å². The molecule has 2 aromatic rings. The van der Waals surface area contributed by atoms with Gasteiger partial charge in [0.1, 0.15) is 5.75 Å². The topological polar surface area (TPSA) is 90.3 Å². The Balaban J connectivity index is 1.19. The van der Waals surface area contributed by atoms with E-state index in [1.54, 1.807) is 4.90 Å². The van der Waals surface area contributed by atoms with E-state index in [1.807, 2.05) is 32.0 Å². The van der Waals surface area contributed by atoms with Crippen LogP contribution in [0.4, 0.5) is 0 Å². The van der Waals surface area contributed by atoms with Crippen molar-refractivity contribution in [3.8, 4) is 5.75 Å². The van der Waals surface area contributed by atoms with Gasteiger partial charge < -0.3 is 14.8 Å². The van der Waals surface area contributed by atoms with Crippen LogP contribution in [0.5, 0.6) is 5.75 Å². The minimum absolute atomic E-state index is 0.00747. The third-order valence-electron chi connectivity index (χ3n) is 11.2. The van der Waals surface area contributed by atoms with Crippen LogP contribution in [-0.2, 0) is 20.8 Å². The number of nitrogens with zero attached hydrogens (tertiary/aromatic N) is 2. The monoisotopic (exact) mass is 638 g/mol. The highest BCUT2D eigenvalue weighted by Crippen LogP contribution is 2.52. The molecule has 8 heteroatoms. The molecule has 0 aromatic heterocycles. The van der Waals surface area contributed by atoms with Gasteiger partial charge >= 0.3 is 7.12 Å². The lowest BCUT2D eigenvalue weighted by molar-refractivity contribution is -0.144. The molecular weight excluding hydrogens is 587 g/mol. The summed E-state index contributed by atoms with van der Waals surface area (Å²) in [6, 6.07) is 14.4. The van der Waals surface area contributed by atoms with Gasteiger partial charge in [0.25, 0.3) is 0 Å². The van der Waals surface area contributed by atoms with Crippen molar-refractivity contribution >= 4 is 25.0 Å². The smallest absolute Gasteiger partial charge is 0.455 e. The zero-order chi connectivity index (χ0) is 33.4. The summed E-state index contributed by atoms with van der Waals surface area (Å²) in [5.74, 6) is -0.444. The number of carbonyl (C=O) groups is 2. The first-order valence-electron chi connectivity index (χ1n) is 17.7. The minimum atomic E-state index is -0.962. The summed E-state index contributed by atoms with van der Waals surface area (Å²) in [7, 11) is -0.962. The zero-order valence-electron chi connectivity index (χ0n) is 28.7. The number of rotatable bonds is 9. The Bertz CT molecular complexity index is 1520. The maximum Gasteiger partial charge on any atom is 0.455 e. The largest absolute Gasteiger partial charge is 0.507 e. The van der Waals surface area contributed by atoms with Crippen LogP contribution in [0.15, 0.2) is 59.2 Å². The highest BCUT2D eigenvalue weighted by atomic mass is 16.5. The van der Waals surface area contributed by atoms with Crippen LogP contribution >= 0.6 is 0 Å². The minimum Gasteiger partial charge on any atom is -0.507 e. The van der Waals surface area contributed by atoms with Crippen LogP contribution in [0.2, 0.25) is 6.32 Å². The molecule has 47 heavy (non-hydrogen) atoms. The molecule has 1 aliphatic carbocycles. The van der Waals surface area contributed by atoms with Gasteiger partial charge in [-0.2, -0.15) is 0 Å². The Morgan fingerprint density at radius 1 is 1.04 bits per heavy atom. The number of piperidine rings is 1. The van der Waals surface area contributed by atoms with E-state index < -0.39 is 13.0 Å². The predicted molar refractivity (Wildman–Crippen MR) is 186 cm³/mol. The number of aryl methyl sites for hydroxylation is 2. The lowest BCUT2D eigenvalue weighted by Crippen LogP contribution is -2.48. The van der Waals surface area contributed by atoms with Crippen molar-refractivity contribution in [3.63, 3.8) is 0 Å². The average Bonchev–Trinajstić information content (AvgIpc) is 3.31. The summed E-state index contributed by atoms with van der Waals surface area (Å²) in [5, 5.41) is 21.3. The number of allylic oxidation sites excluding steroid dienone is 2. The predicted octanol–water partition coefficient (Wildman–Crippen LogP) is 6.70. The SMILES string of the molecule is CC/C(=C\c1cc(C)c(O)c(C)c1)CC[C@H]1OB(O)C[C@H]2C1=C(C(C)C)C[C@H]1C(=O)N(C3CCN(Cc4ccccc4)CC3)C(=O)[C@H]12. The number of phenols is 1. The van der Waals surface area contributed by atoms with Crippen molar-refractivity contribution in [1.29, 1.82) is 0 Å². The van der Waals surface area contributed by atoms with E-state index in [-0.39, 0.29) is 41.7 Å². The molecule has 3 heterocycles. The molecule has 2 aromatic carbocycles. The van der Waals surface area contributed by atoms with Crippen LogP contribution in [0, 0.1) is 37.5 Å². The van der Waals surface area contributed by atoms with E-state index in [4.69, 9.17) is 4.65 Å². The number of fused-ring (bicyclic) bond motifs is 3. The maximum absolute atomic E-state index is 14.3. The lowest BCUT2D eigenvalue weighted by Gasteiger charge is -2.44. The van der Waals surface area contributed by atoms with Crippen molar-refractivity contribution in [1.82, 2.24) is 9.80 Å². The molecule has 3 fully saturated rings. The van der Waals surface area contributed by atoms with Crippen molar-refractivity contribution in [3.05, 3.63) is 81.4 Å². The molecule has 3 saturated heterocycles. The number of likely N-dealkylation sites (tertiary alicyclic amines) is 2. The number of hydrogen-bond acceptors (Lipinski definition) is 6. The molecule has 0 spiro atoms. The number of aromatic hydroxyl groups is 1. The fraction of sp³-hybridized carbons (Fsp3) is 0.538. The Hall–Kier alpha value is -3.20. The van der Waals surface area contributed by atoms with Gasteiger partial charge in [0.15, 0.2) is 0 Å². The van der Waals surface area contributed by atoms with Gasteiger partial charge in [-0.15, -0.1) is 0 Å². The van der Waals surface area contributed by atoms with Gasteiger partial charge in [0.05, 0.1) is 17.9 Å². The average molecular weight is 639 g/mol. The standard InChI is InChI=1S/C39H51BN2O5/c1-6-27(20-29-18-25(4)37(43)26(5)19-29)12-13-34-35-31(24(2)3)21-32-36(33(35)22-40(46)47-34)39(45)42(38(32)44)30-14-16-41(17-15-30)23-28-10-8-7-9-11-28/h7-11,18-20,24,30,32-34,36,43,46H,6,12-17,21-23H2,1-5H3/b27-20+/t32-,33+,34-,36-/m1/s1. The highest BCUT2D eigenvalue weighted by Gasteiger charge is 2.58. The summed E-state index contributed by atoms with van der Waals surface area (Å²) in [4.78, 5) is 32.4. The van der Waals surface area contributed by atoms with Crippen LogP contribution in [0.1, 0.15) is 81.5 Å². The number of phenolic OH excluding ortho intramolecular Hbond substituents is 1. The number of carbonyl (C=O) groups excluding carboxylic acids is 2. The fourth-order valence-corrected chi connectivity index (χ4v) is 8.79. The van der Waals surface area contributed by atoms with E-state index in [1.165, 1.54) is 22.3 Å². The van der Waals surface area contributed by atoms with E-state index in [9.17, 15) is 19.7 Å². The van der Waals surface area contributed by atoms with Gasteiger partial charge in [-0.3, -0.25) is 19.4 Å². The van der Waals surface area contributed by atoms with Gasteiger partial charge in [0.2, 0.25) is 11.8 Å². The van der Waals surface area contributed by atoms with Gasteiger partial charge in [0, 0.05) is 25.7 Å². The first kappa shape index (κ1) is 33.7. The van der Waals surface area contributed by atoms with E-state index in [0.29, 0.717) is 24.9 Å². The molecule has 3 aliphatic heterocycles. The normalized spacial score (nSPS) is 26.0. The van der Waals surface area contributed by atoms with Gasteiger partial charge in [-0.05, 0) is 110 Å². The summed E-state index contributed by atoms with van der Waals surface area (Å²) >= 11 is 0. The highest BCUT2D eigenvalue weighted by molar-refractivity contribution is 6.43. The first-order chi connectivity index (χ1) is 22.5. The van der Waals surface area contributed by atoms with Gasteiger partial charge in [-0.1, -0.05) is 68.3 Å². The van der Waals surface area contributed by atoms with E-state index in [2.05, 4.69) is 56.0 Å². The van der Waals surface area contributed by atoms with Crippen LogP contribution in [0.3, 0.4) is 0 Å². The molecule has 0 unspecified atom stereocenters. The molecule has 0 radical (unpaired) electrons. The van der Waals surface area contributed by atoms with Crippen molar-refractivity contribution < 1.29 is 24.4 Å². The third-order valence-corrected chi connectivity index (χ3v) is 11.2. The summed E-state index contributed by atoms with van der Waals surface area (Å²) < 4.78 is 6.27. The first-order valence-corrected chi connectivity index (χ1v) is 17.7. The second kappa shape index (κ2) is 14.1. The van der Waals surface area contributed by atoms with Gasteiger partial charge in [-0.25, -0.2) is 0 Å². The Morgan fingerprint density at radius 3 is 2.36 bits per heavy atom. The second-order valence-corrected chi connectivity index (χ2v) is 14.6. The number of benzene rings is 2. The molecule has 250 valence electrons. The fourth-order valence-electron chi connectivity index (χ4n) is 8.79. The molecule has 4 aliphatic rings. The molecule has 2 amide bonds. The molecular formula is C39H51BN2O5. The second-order valence-electron chi connectivity index (χ2n) is 14.6. The summed E-state index contributed by atoms with van der Waals surface area (Å²) in [5.41, 5.74) is 7.75. The molecule has 0 bridgehead atoms. The number of hydrogen-bond donors (Lipinski definition) is 2. The van der Waals surface area contributed by atoms with Crippen LogP contribution < -0.4 is 0 Å².